The molecule has 0 atom stereocenters. The summed E-state index contributed by atoms with van der Waals surface area (Å²) >= 11 is -0.339. The van der Waals surface area contributed by atoms with Crippen LogP contribution in [-0.4, -0.2) is 33.7 Å². The van der Waals surface area contributed by atoms with Gasteiger partial charge in [-0.1, -0.05) is 0 Å². The van der Waals surface area contributed by atoms with Gasteiger partial charge in [-0.05, 0) is 0 Å². The Hall–Kier alpha value is -1.36. The second kappa shape index (κ2) is 7.94. The SMILES string of the molecule is C=C(C=NCCc1ccccc1)[Te]c1ccccc1. The van der Waals surface area contributed by atoms with Crippen LogP contribution in [0.15, 0.2) is 75.9 Å². The molecule has 0 N–H and O–H groups in total. The average molecular weight is 363 g/mol. The number of allylic oxidation sites excluding steroid dienone is 1. The molecule has 2 aromatic carbocycles. The van der Waals surface area contributed by atoms with E-state index in [4.69, 9.17) is 0 Å². The number of aliphatic imine (C=N–C) groups is 1. The van der Waals surface area contributed by atoms with Gasteiger partial charge in [-0.2, -0.15) is 0 Å². The molecule has 0 saturated heterocycles. The quantitative estimate of drug-likeness (QED) is 0.553. The Morgan fingerprint density at radius 2 is 1.63 bits per heavy atom. The summed E-state index contributed by atoms with van der Waals surface area (Å²) in [5.41, 5.74) is 1.34. The van der Waals surface area contributed by atoms with Gasteiger partial charge in [0, 0.05) is 0 Å². The number of rotatable bonds is 6. The molecule has 19 heavy (non-hydrogen) atoms. The molecule has 0 saturated carbocycles. The van der Waals surface area contributed by atoms with Crippen LogP contribution < -0.4 is 3.61 Å². The molecule has 0 unspecified atom stereocenters. The van der Waals surface area contributed by atoms with E-state index in [0.717, 1.165) is 13.0 Å². The Morgan fingerprint density at radius 3 is 2.32 bits per heavy atom. The first-order valence-electron chi connectivity index (χ1n) is 6.30. The molecule has 0 radical (unpaired) electrons. The van der Waals surface area contributed by atoms with Crippen molar-refractivity contribution in [1.29, 1.82) is 0 Å². The van der Waals surface area contributed by atoms with Crippen molar-refractivity contribution in [2.24, 2.45) is 4.99 Å². The summed E-state index contributed by atoms with van der Waals surface area (Å²) in [6.07, 6.45) is 2.95. The Labute approximate surface area is 125 Å². The van der Waals surface area contributed by atoms with Crippen LogP contribution in [0.1, 0.15) is 5.56 Å². The van der Waals surface area contributed by atoms with Gasteiger partial charge in [0.15, 0.2) is 0 Å². The Morgan fingerprint density at radius 1 is 1.00 bits per heavy atom. The molecule has 0 aromatic heterocycles. The predicted molar refractivity (Wildman–Crippen MR) is 84.5 cm³/mol. The van der Waals surface area contributed by atoms with E-state index in [2.05, 4.69) is 60.1 Å². The Kier molecular flexibility index (Phi) is 5.87. The van der Waals surface area contributed by atoms with Crippen LogP contribution in [0.5, 0.6) is 0 Å². The van der Waals surface area contributed by atoms with Crippen LogP contribution in [0, 0.1) is 0 Å². The Bertz CT molecular complexity index is 532. The number of nitrogens with zero attached hydrogens (tertiary/aromatic N) is 1. The standard InChI is InChI=1S/C17H17NTe/c1-15(19-17-10-6-3-7-11-17)14-18-13-12-16-8-4-2-5-9-16/h2-11,14H,1,12-13H2. The van der Waals surface area contributed by atoms with Crippen molar-refractivity contribution in [2.75, 3.05) is 6.54 Å². The van der Waals surface area contributed by atoms with Crippen molar-refractivity contribution in [1.82, 2.24) is 0 Å². The van der Waals surface area contributed by atoms with Gasteiger partial charge in [0.25, 0.3) is 0 Å². The fraction of sp³-hybridized carbons (Fsp3) is 0.118. The molecule has 1 nitrogen and oxygen atoms in total. The van der Waals surface area contributed by atoms with Crippen LogP contribution in [0.2, 0.25) is 0 Å². The van der Waals surface area contributed by atoms with Gasteiger partial charge in [0.2, 0.25) is 0 Å². The van der Waals surface area contributed by atoms with Gasteiger partial charge < -0.3 is 0 Å². The third-order valence-corrected chi connectivity index (χ3v) is 5.10. The van der Waals surface area contributed by atoms with Crippen molar-refractivity contribution >= 4 is 30.7 Å². The van der Waals surface area contributed by atoms with E-state index < -0.39 is 0 Å². The van der Waals surface area contributed by atoms with Crippen molar-refractivity contribution in [2.45, 2.75) is 6.42 Å². The van der Waals surface area contributed by atoms with Crippen LogP contribution in [0.4, 0.5) is 0 Å². The normalized spacial score (nSPS) is 10.7. The van der Waals surface area contributed by atoms with Crippen molar-refractivity contribution in [3.63, 3.8) is 0 Å². The first-order valence-corrected chi connectivity index (χ1v) is 8.63. The maximum atomic E-state index is 4.47. The molecule has 0 aliphatic rings. The number of hydrogen-bond acceptors (Lipinski definition) is 1. The first-order chi connectivity index (χ1) is 9.34. The summed E-state index contributed by atoms with van der Waals surface area (Å²) < 4.78 is 2.59. The van der Waals surface area contributed by atoms with Crippen molar-refractivity contribution in [3.8, 4) is 0 Å². The molecule has 2 rings (SSSR count). The van der Waals surface area contributed by atoms with Crippen LogP contribution in [0.3, 0.4) is 0 Å². The second-order valence-electron chi connectivity index (χ2n) is 4.15. The fourth-order valence-electron chi connectivity index (χ4n) is 1.67. The average Bonchev–Trinajstić information content (AvgIpc) is 2.46. The van der Waals surface area contributed by atoms with E-state index in [-0.39, 0.29) is 20.9 Å². The predicted octanol–water partition coefficient (Wildman–Crippen LogP) is 2.84. The molecule has 0 fully saturated rings. The first kappa shape index (κ1) is 14.1. The third kappa shape index (κ3) is 5.42. The minimum absolute atomic E-state index is 0.339. The molecular formula is C17H17NTe. The zero-order chi connectivity index (χ0) is 13.3. The van der Waals surface area contributed by atoms with E-state index in [9.17, 15) is 0 Å². The topological polar surface area (TPSA) is 12.4 Å². The maximum absolute atomic E-state index is 4.47. The van der Waals surface area contributed by atoms with Gasteiger partial charge in [0.05, 0.1) is 0 Å². The summed E-state index contributed by atoms with van der Waals surface area (Å²) in [5.74, 6) is 0. The van der Waals surface area contributed by atoms with E-state index >= 15 is 0 Å². The van der Waals surface area contributed by atoms with Crippen LogP contribution in [-0.2, 0) is 6.42 Å². The van der Waals surface area contributed by atoms with Crippen molar-refractivity contribution in [3.05, 3.63) is 76.4 Å². The van der Waals surface area contributed by atoms with E-state index in [1.54, 1.807) is 0 Å². The molecule has 0 spiro atoms. The third-order valence-electron chi connectivity index (χ3n) is 2.60. The van der Waals surface area contributed by atoms with Gasteiger partial charge in [-0.3, -0.25) is 0 Å². The molecule has 0 amide bonds. The molecule has 0 aliphatic heterocycles. The van der Waals surface area contributed by atoms with E-state index in [1.165, 1.54) is 12.8 Å². The zero-order valence-corrected chi connectivity index (χ0v) is 13.2. The molecule has 96 valence electrons. The zero-order valence-electron chi connectivity index (χ0n) is 10.8. The van der Waals surface area contributed by atoms with Gasteiger partial charge in [0.1, 0.15) is 0 Å². The van der Waals surface area contributed by atoms with Gasteiger partial charge in [-0.15, -0.1) is 0 Å². The second-order valence-corrected chi connectivity index (χ2v) is 7.58. The number of hydrogen-bond donors (Lipinski definition) is 0. The summed E-state index contributed by atoms with van der Waals surface area (Å²) in [6.45, 7) is 4.94. The molecule has 0 heterocycles. The Balaban J connectivity index is 1.75. The number of benzene rings is 2. The molecule has 0 bridgehead atoms. The summed E-state index contributed by atoms with van der Waals surface area (Å²) in [5, 5.41) is 0. The van der Waals surface area contributed by atoms with Gasteiger partial charge in [-0.25, -0.2) is 0 Å². The van der Waals surface area contributed by atoms with E-state index in [1.807, 2.05) is 18.3 Å². The molecular weight excluding hydrogens is 346 g/mol. The molecule has 2 aromatic rings. The van der Waals surface area contributed by atoms with E-state index in [0.29, 0.717) is 0 Å². The molecule has 2 heteroatoms. The minimum atomic E-state index is -0.339. The van der Waals surface area contributed by atoms with Crippen LogP contribution in [0.25, 0.3) is 0 Å². The van der Waals surface area contributed by atoms with Crippen molar-refractivity contribution < 1.29 is 0 Å². The molecule has 0 aliphatic carbocycles. The van der Waals surface area contributed by atoms with Gasteiger partial charge >= 0.3 is 125 Å². The summed E-state index contributed by atoms with van der Waals surface area (Å²) in [6, 6.07) is 21.0. The fourth-order valence-corrected chi connectivity index (χ4v) is 3.74. The monoisotopic (exact) mass is 365 g/mol. The van der Waals surface area contributed by atoms with Crippen LogP contribution >= 0.6 is 0 Å². The summed E-state index contributed by atoms with van der Waals surface area (Å²) in [7, 11) is 0. The summed E-state index contributed by atoms with van der Waals surface area (Å²) in [4.78, 5) is 4.47.